The number of halogens is 3. The average molecular weight is 397 g/mol. The summed E-state index contributed by atoms with van der Waals surface area (Å²) >= 11 is 0. The number of methoxy groups -OCH3 is 1. The molecule has 0 aliphatic carbocycles. The number of ether oxygens (including phenoxy) is 1. The maximum absolute atomic E-state index is 13.2. The summed E-state index contributed by atoms with van der Waals surface area (Å²) in [5, 5.41) is 5.62. The van der Waals surface area contributed by atoms with Crippen molar-refractivity contribution in [3.63, 3.8) is 0 Å². The monoisotopic (exact) mass is 397 g/mol. The number of aromatic nitrogens is 2. The minimum absolute atomic E-state index is 0.0109. The van der Waals surface area contributed by atoms with Gasteiger partial charge >= 0.3 is 12.1 Å². The summed E-state index contributed by atoms with van der Waals surface area (Å²) in [5.41, 5.74) is -0.251. The van der Waals surface area contributed by atoms with Gasteiger partial charge in [0.2, 0.25) is 5.95 Å². The fraction of sp³-hybridized carbons (Fsp3) is 0.389. The number of nitrogens with zero attached hydrogens (tertiary/aromatic N) is 3. The highest BCUT2D eigenvalue weighted by Crippen LogP contribution is 2.30. The third-order valence-electron chi connectivity index (χ3n) is 3.66. The molecule has 0 aliphatic rings. The van der Waals surface area contributed by atoms with Crippen molar-refractivity contribution in [2.45, 2.75) is 12.6 Å². The van der Waals surface area contributed by atoms with Gasteiger partial charge < -0.3 is 20.3 Å². The normalized spacial score (nSPS) is 11.4. The van der Waals surface area contributed by atoms with E-state index in [1.165, 1.54) is 19.2 Å². The van der Waals surface area contributed by atoms with Crippen LogP contribution in [0.2, 0.25) is 0 Å². The van der Waals surface area contributed by atoms with Gasteiger partial charge in [-0.05, 0) is 51.3 Å². The predicted octanol–water partition coefficient (Wildman–Crippen LogP) is 3.39. The molecule has 0 unspecified atom stereocenters. The minimum atomic E-state index is -4.60. The molecule has 1 aromatic carbocycles. The Kier molecular flexibility index (Phi) is 7.16. The van der Waals surface area contributed by atoms with Gasteiger partial charge in [-0.2, -0.15) is 18.2 Å². The molecule has 0 bridgehead atoms. The van der Waals surface area contributed by atoms with Crippen LogP contribution in [0.4, 0.5) is 30.6 Å². The number of anilines is 3. The number of carbonyl (C=O) groups excluding carboxylic acids is 1. The fourth-order valence-corrected chi connectivity index (χ4v) is 2.29. The Balaban J connectivity index is 2.17. The third kappa shape index (κ3) is 6.38. The number of benzene rings is 1. The van der Waals surface area contributed by atoms with Gasteiger partial charge in [0.1, 0.15) is 5.82 Å². The van der Waals surface area contributed by atoms with Gasteiger partial charge in [-0.25, -0.2) is 9.78 Å². The molecule has 0 atom stereocenters. The number of nitrogens with one attached hydrogen (secondary N) is 2. The summed E-state index contributed by atoms with van der Waals surface area (Å²) in [4.78, 5) is 21.1. The Morgan fingerprint density at radius 3 is 2.43 bits per heavy atom. The Bertz CT molecular complexity index is 795. The van der Waals surface area contributed by atoms with Crippen LogP contribution < -0.4 is 10.6 Å². The average Bonchev–Trinajstić information content (AvgIpc) is 2.64. The lowest BCUT2D eigenvalue weighted by atomic mass is 10.2. The summed E-state index contributed by atoms with van der Waals surface area (Å²) in [6, 6.07) is 6.93. The van der Waals surface area contributed by atoms with Gasteiger partial charge in [-0.1, -0.05) is 0 Å². The predicted molar refractivity (Wildman–Crippen MR) is 99.8 cm³/mol. The molecule has 0 amide bonds. The molecule has 28 heavy (non-hydrogen) atoms. The molecule has 0 saturated heterocycles. The molecule has 0 spiro atoms. The Hall–Kier alpha value is -2.88. The Morgan fingerprint density at radius 1 is 1.18 bits per heavy atom. The van der Waals surface area contributed by atoms with Crippen LogP contribution in [0.5, 0.6) is 0 Å². The van der Waals surface area contributed by atoms with E-state index in [0.717, 1.165) is 19.0 Å². The van der Waals surface area contributed by atoms with Crippen molar-refractivity contribution in [2.75, 3.05) is 44.9 Å². The van der Waals surface area contributed by atoms with Crippen LogP contribution in [0.25, 0.3) is 0 Å². The number of alkyl halides is 3. The first-order chi connectivity index (χ1) is 13.2. The zero-order valence-corrected chi connectivity index (χ0v) is 15.8. The van der Waals surface area contributed by atoms with E-state index in [2.05, 4.69) is 25.3 Å². The van der Waals surface area contributed by atoms with Gasteiger partial charge in [0, 0.05) is 18.3 Å². The molecular formula is C18H22F3N5O2. The molecule has 1 heterocycles. The lowest BCUT2D eigenvalue weighted by molar-refractivity contribution is -0.141. The molecule has 2 rings (SSSR count). The van der Waals surface area contributed by atoms with Crippen LogP contribution >= 0.6 is 0 Å². The summed E-state index contributed by atoms with van der Waals surface area (Å²) in [7, 11) is 5.09. The van der Waals surface area contributed by atoms with Gasteiger partial charge in [-0.15, -0.1) is 0 Å². The SMILES string of the molecule is COC(=O)c1ccc(Nc2cc(C(F)(F)F)nc(NCCCN(C)C)n2)cc1. The quantitative estimate of drug-likeness (QED) is 0.522. The second kappa shape index (κ2) is 9.36. The molecule has 0 fully saturated rings. The second-order valence-electron chi connectivity index (χ2n) is 6.24. The molecule has 0 radical (unpaired) electrons. The molecule has 10 heteroatoms. The van der Waals surface area contributed by atoms with Crippen LogP contribution in [0.15, 0.2) is 30.3 Å². The lowest BCUT2D eigenvalue weighted by Gasteiger charge is -2.14. The van der Waals surface area contributed by atoms with E-state index in [4.69, 9.17) is 0 Å². The van der Waals surface area contributed by atoms with Crippen molar-refractivity contribution >= 4 is 23.4 Å². The molecule has 152 valence electrons. The summed E-state index contributed by atoms with van der Waals surface area (Å²) < 4.78 is 44.1. The first kappa shape index (κ1) is 21.4. The van der Waals surface area contributed by atoms with Gasteiger partial charge in [-0.3, -0.25) is 0 Å². The summed E-state index contributed by atoms with van der Waals surface area (Å²) in [6.45, 7) is 1.22. The molecule has 0 saturated carbocycles. The Morgan fingerprint density at radius 2 is 1.86 bits per heavy atom. The van der Waals surface area contributed by atoms with Gasteiger partial charge in [0.05, 0.1) is 12.7 Å². The van der Waals surface area contributed by atoms with Crippen molar-refractivity contribution in [1.82, 2.24) is 14.9 Å². The van der Waals surface area contributed by atoms with Crippen molar-refractivity contribution in [2.24, 2.45) is 0 Å². The van der Waals surface area contributed by atoms with Gasteiger partial charge in [0.25, 0.3) is 0 Å². The van der Waals surface area contributed by atoms with Crippen molar-refractivity contribution in [3.8, 4) is 0 Å². The van der Waals surface area contributed by atoms with Gasteiger partial charge in [0.15, 0.2) is 5.69 Å². The summed E-state index contributed by atoms with van der Waals surface area (Å²) in [6.07, 6.45) is -3.88. The van der Waals surface area contributed by atoms with E-state index in [1.54, 1.807) is 12.1 Å². The number of hydrogen-bond donors (Lipinski definition) is 2. The van der Waals surface area contributed by atoms with Crippen LogP contribution in [0, 0.1) is 0 Å². The second-order valence-corrected chi connectivity index (χ2v) is 6.24. The molecule has 7 nitrogen and oxygen atoms in total. The summed E-state index contributed by atoms with van der Waals surface area (Å²) in [5.74, 6) is -0.623. The largest absolute Gasteiger partial charge is 0.465 e. The van der Waals surface area contributed by atoms with Crippen molar-refractivity contribution in [1.29, 1.82) is 0 Å². The highest BCUT2D eigenvalue weighted by atomic mass is 19.4. The van der Waals surface area contributed by atoms with Crippen molar-refractivity contribution in [3.05, 3.63) is 41.6 Å². The highest BCUT2D eigenvalue weighted by Gasteiger charge is 2.33. The van der Waals surface area contributed by atoms with Crippen LogP contribution in [0.1, 0.15) is 22.5 Å². The van der Waals surface area contributed by atoms with E-state index in [1.807, 2.05) is 19.0 Å². The number of esters is 1. The molecule has 2 aromatic rings. The first-order valence-corrected chi connectivity index (χ1v) is 8.49. The number of hydrogen-bond acceptors (Lipinski definition) is 7. The van der Waals surface area contributed by atoms with Crippen LogP contribution in [-0.2, 0) is 10.9 Å². The molecule has 2 N–H and O–H groups in total. The third-order valence-corrected chi connectivity index (χ3v) is 3.66. The molecule has 1 aromatic heterocycles. The zero-order valence-electron chi connectivity index (χ0n) is 15.8. The van der Waals surface area contributed by atoms with E-state index in [9.17, 15) is 18.0 Å². The maximum atomic E-state index is 13.2. The molecular weight excluding hydrogens is 375 g/mol. The fourth-order valence-electron chi connectivity index (χ4n) is 2.29. The first-order valence-electron chi connectivity index (χ1n) is 8.49. The lowest BCUT2D eigenvalue weighted by Crippen LogP contribution is -2.18. The van der Waals surface area contributed by atoms with Crippen molar-refractivity contribution < 1.29 is 22.7 Å². The molecule has 0 aliphatic heterocycles. The smallest absolute Gasteiger partial charge is 0.433 e. The minimum Gasteiger partial charge on any atom is -0.465 e. The van der Waals surface area contributed by atoms with E-state index in [0.29, 0.717) is 17.8 Å². The topological polar surface area (TPSA) is 79.4 Å². The van der Waals surface area contributed by atoms with Crippen LogP contribution in [0.3, 0.4) is 0 Å². The maximum Gasteiger partial charge on any atom is 0.433 e. The van der Waals surface area contributed by atoms with E-state index < -0.39 is 17.8 Å². The standard InChI is InChI=1S/C18H22F3N5O2/c1-26(2)10-4-9-22-17-24-14(18(19,20)21)11-15(25-17)23-13-7-5-12(6-8-13)16(27)28-3/h5-8,11H,4,9-10H2,1-3H3,(H2,22,23,24,25). The van der Waals surface area contributed by atoms with Crippen LogP contribution in [-0.4, -0.2) is 55.1 Å². The Labute approximate surface area is 160 Å². The van der Waals surface area contributed by atoms with E-state index in [-0.39, 0.29) is 11.8 Å². The number of rotatable bonds is 8. The zero-order chi connectivity index (χ0) is 20.7. The highest BCUT2D eigenvalue weighted by molar-refractivity contribution is 5.89. The van der Waals surface area contributed by atoms with E-state index >= 15 is 0 Å². The number of carbonyl (C=O) groups is 1.